The summed E-state index contributed by atoms with van der Waals surface area (Å²) in [5.41, 5.74) is 6.38. The lowest BCUT2D eigenvalue weighted by Gasteiger charge is -2.14. The lowest BCUT2D eigenvalue weighted by atomic mass is 10.1. The number of hydrogen-bond donors (Lipinski definition) is 2. The van der Waals surface area contributed by atoms with Gasteiger partial charge in [0.25, 0.3) is 0 Å². The number of ether oxygens (including phenoxy) is 1. The molecule has 5 heteroatoms. The third-order valence-electron chi connectivity index (χ3n) is 2.03. The minimum atomic E-state index is -0.981. The maximum Gasteiger partial charge on any atom is 0.335 e. The summed E-state index contributed by atoms with van der Waals surface area (Å²) in [7, 11) is 0. The van der Waals surface area contributed by atoms with E-state index in [1.165, 1.54) is 6.07 Å². The number of carboxylic acid groups (broad SMARTS) is 1. The van der Waals surface area contributed by atoms with Crippen LogP contribution in [-0.4, -0.2) is 22.2 Å². The van der Waals surface area contributed by atoms with Gasteiger partial charge in [-0.2, -0.15) is 0 Å². The van der Waals surface area contributed by atoms with Gasteiger partial charge in [0.1, 0.15) is 5.75 Å². The molecule has 4 nitrogen and oxygen atoms in total. The predicted octanol–water partition coefficient (Wildman–Crippen LogP) is 2.00. The molecule has 1 aromatic rings. The zero-order valence-corrected chi connectivity index (χ0v) is 10.6. The second kappa shape index (κ2) is 5.63. The summed E-state index contributed by atoms with van der Waals surface area (Å²) in [6, 6.07) is 4.68. The zero-order chi connectivity index (χ0) is 13.0. The van der Waals surface area contributed by atoms with Gasteiger partial charge in [0, 0.05) is 12.0 Å². The summed E-state index contributed by atoms with van der Waals surface area (Å²) in [5.74, 6) is -0.358. The fourth-order valence-corrected chi connectivity index (χ4v) is 1.56. The Morgan fingerprint density at radius 3 is 2.65 bits per heavy atom. The molecule has 0 aromatic heterocycles. The molecular formula is C12H15NO3S. The summed E-state index contributed by atoms with van der Waals surface area (Å²) >= 11 is 4.83. The van der Waals surface area contributed by atoms with E-state index < -0.39 is 5.97 Å². The molecule has 0 radical (unpaired) electrons. The molecule has 0 aliphatic rings. The number of rotatable bonds is 5. The topological polar surface area (TPSA) is 72.5 Å². The Bertz CT molecular complexity index is 443. The third-order valence-corrected chi connectivity index (χ3v) is 2.18. The molecule has 1 aromatic carbocycles. The Kier molecular flexibility index (Phi) is 4.45. The molecule has 0 saturated heterocycles. The number of hydrogen-bond acceptors (Lipinski definition) is 3. The van der Waals surface area contributed by atoms with Gasteiger partial charge in [0.2, 0.25) is 0 Å². The van der Waals surface area contributed by atoms with Gasteiger partial charge < -0.3 is 15.6 Å². The van der Waals surface area contributed by atoms with Crippen LogP contribution in [0.2, 0.25) is 0 Å². The first-order valence-corrected chi connectivity index (χ1v) is 5.62. The molecule has 0 spiro atoms. The van der Waals surface area contributed by atoms with Gasteiger partial charge in [0.15, 0.2) is 0 Å². The standard InChI is InChI=1S/C12H15NO3S/c1-7(2)16-10-4-3-8(12(14)15)5-9(10)6-11(13)17/h3-5,7H,6H2,1-2H3,(H2,13,17)(H,14,15). The minimum absolute atomic E-state index is 0.00998. The lowest BCUT2D eigenvalue weighted by Crippen LogP contribution is -2.14. The van der Waals surface area contributed by atoms with Crippen LogP contribution < -0.4 is 10.5 Å². The first kappa shape index (κ1) is 13.4. The molecule has 0 amide bonds. The summed E-state index contributed by atoms with van der Waals surface area (Å²) in [5, 5.41) is 8.91. The van der Waals surface area contributed by atoms with Gasteiger partial charge in [-0.15, -0.1) is 0 Å². The molecule has 0 atom stereocenters. The van der Waals surface area contributed by atoms with Crippen LogP contribution in [0.15, 0.2) is 18.2 Å². The van der Waals surface area contributed by atoms with E-state index in [1.54, 1.807) is 12.1 Å². The largest absolute Gasteiger partial charge is 0.491 e. The van der Waals surface area contributed by atoms with E-state index in [1.807, 2.05) is 13.8 Å². The smallest absolute Gasteiger partial charge is 0.335 e. The Labute approximate surface area is 105 Å². The van der Waals surface area contributed by atoms with Crippen molar-refractivity contribution in [2.75, 3.05) is 0 Å². The van der Waals surface area contributed by atoms with Crippen molar-refractivity contribution < 1.29 is 14.6 Å². The van der Waals surface area contributed by atoms with Gasteiger partial charge in [-0.25, -0.2) is 4.79 Å². The third kappa shape index (κ3) is 4.03. The highest BCUT2D eigenvalue weighted by Gasteiger charge is 2.11. The number of carbonyl (C=O) groups is 1. The van der Waals surface area contributed by atoms with E-state index in [-0.39, 0.29) is 11.7 Å². The van der Waals surface area contributed by atoms with Crippen LogP contribution in [0.25, 0.3) is 0 Å². The van der Waals surface area contributed by atoms with Crippen LogP contribution in [0.3, 0.4) is 0 Å². The average molecular weight is 253 g/mol. The molecule has 0 heterocycles. The number of benzene rings is 1. The van der Waals surface area contributed by atoms with Crippen molar-refractivity contribution in [3.63, 3.8) is 0 Å². The van der Waals surface area contributed by atoms with Crippen molar-refractivity contribution in [1.82, 2.24) is 0 Å². The molecule has 0 fully saturated rings. The van der Waals surface area contributed by atoms with Crippen LogP contribution in [0.4, 0.5) is 0 Å². The molecular weight excluding hydrogens is 238 g/mol. The first-order chi connectivity index (χ1) is 7.90. The van der Waals surface area contributed by atoms with Gasteiger partial charge in [0.05, 0.1) is 16.7 Å². The Morgan fingerprint density at radius 2 is 2.18 bits per heavy atom. The van der Waals surface area contributed by atoms with Gasteiger partial charge >= 0.3 is 5.97 Å². The van der Waals surface area contributed by atoms with Crippen molar-refractivity contribution >= 4 is 23.2 Å². The molecule has 0 aliphatic heterocycles. The van der Waals surface area contributed by atoms with E-state index in [0.29, 0.717) is 22.7 Å². The maximum absolute atomic E-state index is 10.9. The molecule has 92 valence electrons. The molecule has 0 unspecified atom stereocenters. The van der Waals surface area contributed by atoms with Gasteiger partial charge in [-0.3, -0.25) is 0 Å². The molecule has 0 bridgehead atoms. The van der Waals surface area contributed by atoms with E-state index in [4.69, 9.17) is 27.8 Å². The normalized spacial score (nSPS) is 10.3. The average Bonchev–Trinajstić information content (AvgIpc) is 2.18. The Hall–Kier alpha value is -1.62. The monoisotopic (exact) mass is 253 g/mol. The quantitative estimate of drug-likeness (QED) is 0.785. The van der Waals surface area contributed by atoms with E-state index in [2.05, 4.69) is 0 Å². The Balaban J connectivity index is 3.11. The first-order valence-electron chi connectivity index (χ1n) is 5.21. The SMILES string of the molecule is CC(C)Oc1ccc(C(=O)O)cc1CC(N)=S. The van der Waals surface area contributed by atoms with Crippen molar-refractivity contribution in [2.45, 2.75) is 26.4 Å². The van der Waals surface area contributed by atoms with Crippen LogP contribution in [0.1, 0.15) is 29.8 Å². The highest BCUT2D eigenvalue weighted by atomic mass is 32.1. The maximum atomic E-state index is 10.9. The Morgan fingerprint density at radius 1 is 1.53 bits per heavy atom. The van der Waals surface area contributed by atoms with Crippen molar-refractivity contribution in [1.29, 1.82) is 0 Å². The summed E-state index contributed by atoms with van der Waals surface area (Å²) in [4.78, 5) is 11.2. The predicted molar refractivity (Wildman–Crippen MR) is 69.7 cm³/mol. The van der Waals surface area contributed by atoms with Crippen molar-refractivity contribution in [3.05, 3.63) is 29.3 Å². The molecule has 3 N–H and O–H groups in total. The summed E-state index contributed by atoms with van der Waals surface area (Å²) in [6.45, 7) is 3.80. The molecule has 1 rings (SSSR count). The van der Waals surface area contributed by atoms with E-state index in [9.17, 15) is 4.79 Å². The second-order valence-corrected chi connectivity index (χ2v) is 4.46. The highest BCUT2D eigenvalue weighted by Crippen LogP contribution is 2.22. The van der Waals surface area contributed by atoms with Crippen molar-refractivity contribution in [2.24, 2.45) is 5.73 Å². The summed E-state index contributed by atoms with van der Waals surface area (Å²) < 4.78 is 5.57. The highest BCUT2D eigenvalue weighted by molar-refractivity contribution is 7.80. The minimum Gasteiger partial charge on any atom is -0.491 e. The number of nitrogens with two attached hydrogens (primary N) is 1. The van der Waals surface area contributed by atoms with Crippen LogP contribution in [0.5, 0.6) is 5.75 Å². The fourth-order valence-electron chi connectivity index (χ4n) is 1.41. The number of thiocarbonyl (C=S) groups is 1. The van der Waals surface area contributed by atoms with E-state index in [0.717, 1.165) is 0 Å². The van der Waals surface area contributed by atoms with Crippen LogP contribution in [-0.2, 0) is 6.42 Å². The summed E-state index contributed by atoms with van der Waals surface area (Å²) in [6.07, 6.45) is 0.342. The number of carboxylic acids is 1. The van der Waals surface area contributed by atoms with Crippen LogP contribution >= 0.6 is 12.2 Å². The second-order valence-electron chi connectivity index (χ2n) is 3.94. The van der Waals surface area contributed by atoms with Crippen LogP contribution in [0, 0.1) is 0 Å². The van der Waals surface area contributed by atoms with Gasteiger partial charge in [-0.05, 0) is 32.0 Å². The van der Waals surface area contributed by atoms with E-state index >= 15 is 0 Å². The molecule has 17 heavy (non-hydrogen) atoms. The lowest BCUT2D eigenvalue weighted by molar-refractivity contribution is 0.0696. The molecule has 0 saturated carbocycles. The zero-order valence-electron chi connectivity index (χ0n) is 9.77. The number of aromatic carboxylic acids is 1. The van der Waals surface area contributed by atoms with Gasteiger partial charge in [-0.1, -0.05) is 12.2 Å². The van der Waals surface area contributed by atoms with Crippen molar-refractivity contribution in [3.8, 4) is 5.75 Å². The fraction of sp³-hybridized carbons (Fsp3) is 0.333. The molecule has 0 aliphatic carbocycles.